The molecule has 3 unspecified atom stereocenters. The van der Waals surface area contributed by atoms with Gasteiger partial charge in [-0.25, -0.2) is 4.39 Å². The molecule has 1 saturated carbocycles. The van der Waals surface area contributed by atoms with Gasteiger partial charge in [0.25, 0.3) is 0 Å². The van der Waals surface area contributed by atoms with E-state index in [0.717, 1.165) is 0 Å². The van der Waals surface area contributed by atoms with E-state index in [1.165, 1.54) is 6.92 Å². The van der Waals surface area contributed by atoms with Crippen LogP contribution in [0, 0.1) is 5.92 Å². The Kier molecular flexibility index (Phi) is 2.74. The fourth-order valence-corrected chi connectivity index (χ4v) is 1.80. The Morgan fingerprint density at radius 1 is 1.33 bits per heavy atom. The summed E-state index contributed by atoms with van der Waals surface area (Å²) in [5, 5.41) is 8.91. The number of aliphatic hydroxyl groups is 1. The fraction of sp³-hybridized carbons (Fsp3) is 1.00. The molecule has 0 aromatic rings. The molecule has 15 heavy (non-hydrogen) atoms. The second-order valence-electron chi connectivity index (χ2n) is 3.76. The van der Waals surface area contributed by atoms with Crippen molar-refractivity contribution in [2.75, 3.05) is 0 Å². The van der Waals surface area contributed by atoms with Crippen LogP contribution in [0.1, 0.15) is 19.8 Å². The van der Waals surface area contributed by atoms with Crippen molar-refractivity contribution in [1.82, 2.24) is 0 Å². The van der Waals surface area contributed by atoms with E-state index in [9.17, 15) is 26.3 Å². The number of halogens is 6. The summed E-state index contributed by atoms with van der Waals surface area (Å²) in [5.41, 5.74) is -4.24. The van der Waals surface area contributed by atoms with Gasteiger partial charge >= 0.3 is 12.1 Å². The fourth-order valence-electron chi connectivity index (χ4n) is 1.80. The first-order chi connectivity index (χ1) is 6.58. The van der Waals surface area contributed by atoms with Crippen LogP contribution in [-0.4, -0.2) is 29.0 Å². The molecule has 1 aliphatic carbocycles. The van der Waals surface area contributed by atoms with E-state index in [0.29, 0.717) is 0 Å². The third kappa shape index (κ3) is 1.51. The Morgan fingerprint density at radius 2 is 1.80 bits per heavy atom. The third-order valence-electron chi connectivity index (χ3n) is 2.86. The highest BCUT2D eigenvalue weighted by Crippen LogP contribution is 2.56. The minimum absolute atomic E-state index is 0.171. The Hall–Kier alpha value is -0.460. The second-order valence-corrected chi connectivity index (χ2v) is 3.76. The molecule has 0 spiro atoms. The number of hydrogen-bond donors (Lipinski definition) is 1. The Labute approximate surface area is 82.1 Å². The Morgan fingerprint density at radius 3 is 2.00 bits per heavy atom. The minimum Gasteiger partial charge on any atom is -0.376 e. The van der Waals surface area contributed by atoms with Crippen LogP contribution in [0.2, 0.25) is 0 Å². The first-order valence-corrected chi connectivity index (χ1v) is 4.39. The molecule has 1 fully saturated rings. The van der Waals surface area contributed by atoms with E-state index in [4.69, 9.17) is 5.11 Å². The first-order valence-electron chi connectivity index (χ1n) is 4.39. The summed E-state index contributed by atoms with van der Waals surface area (Å²) in [5.74, 6) is -6.24. The summed E-state index contributed by atoms with van der Waals surface area (Å²) in [6, 6.07) is 0. The summed E-state index contributed by atoms with van der Waals surface area (Å²) < 4.78 is 75.6. The maximum Gasteiger partial charge on any atom is 0.423 e. The van der Waals surface area contributed by atoms with Gasteiger partial charge in [-0.15, -0.1) is 0 Å². The van der Waals surface area contributed by atoms with Crippen molar-refractivity contribution < 1.29 is 31.4 Å². The van der Waals surface area contributed by atoms with Gasteiger partial charge < -0.3 is 5.11 Å². The lowest BCUT2D eigenvalue weighted by Gasteiger charge is -2.31. The predicted molar refractivity (Wildman–Crippen MR) is 39.2 cm³/mol. The molecule has 0 saturated heterocycles. The normalized spacial score (nSPS) is 40.8. The molecule has 0 radical (unpaired) electrons. The lowest BCUT2D eigenvalue weighted by atomic mass is 9.97. The first kappa shape index (κ1) is 12.6. The zero-order chi connectivity index (χ0) is 12.1. The Bertz CT molecular complexity index is 250. The zero-order valence-electron chi connectivity index (χ0n) is 7.78. The SMILES string of the molecule is CCC1CC(O)(C(F)(F)F)C(F)(F)C1F. The maximum atomic E-state index is 13.0. The van der Waals surface area contributed by atoms with Crippen LogP contribution in [0.15, 0.2) is 0 Å². The van der Waals surface area contributed by atoms with Gasteiger partial charge in [-0.2, -0.15) is 22.0 Å². The topological polar surface area (TPSA) is 20.2 Å². The Balaban J connectivity index is 3.12. The van der Waals surface area contributed by atoms with Crippen LogP contribution in [0.5, 0.6) is 0 Å². The molecule has 3 atom stereocenters. The van der Waals surface area contributed by atoms with Crippen molar-refractivity contribution in [3.63, 3.8) is 0 Å². The minimum atomic E-state index is -5.52. The smallest absolute Gasteiger partial charge is 0.376 e. The molecular formula is C8H10F6O. The van der Waals surface area contributed by atoms with E-state index in [1.807, 2.05) is 0 Å². The average molecular weight is 236 g/mol. The van der Waals surface area contributed by atoms with Crippen molar-refractivity contribution in [2.24, 2.45) is 5.92 Å². The van der Waals surface area contributed by atoms with E-state index in [-0.39, 0.29) is 6.42 Å². The van der Waals surface area contributed by atoms with E-state index >= 15 is 0 Å². The second kappa shape index (κ2) is 3.26. The van der Waals surface area contributed by atoms with Gasteiger partial charge in [0.15, 0.2) is 6.17 Å². The molecule has 90 valence electrons. The lowest BCUT2D eigenvalue weighted by Crippen LogP contribution is -2.57. The number of hydrogen-bond acceptors (Lipinski definition) is 1. The maximum absolute atomic E-state index is 13.0. The third-order valence-corrected chi connectivity index (χ3v) is 2.86. The summed E-state index contributed by atoms with van der Waals surface area (Å²) in [6.45, 7) is 1.30. The van der Waals surface area contributed by atoms with Crippen LogP contribution in [-0.2, 0) is 0 Å². The average Bonchev–Trinajstić information content (AvgIpc) is 2.26. The van der Waals surface area contributed by atoms with Crippen LogP contribution >= 0.6 is 0 Å². The van der Waals surface area contributed by atoms with E-state index < -0.39 is 36.2 Å². The van der Waals surface area contributed by atoms with Crippen LogP contribution in [0.4, 0.5) is 26.3 Å². The number of alkyl halides is 6. The lowest BCUT2D eigenvalue weighted by molar-refractivity contribution is -0.326. The van der Waals surface area contributed by atoms with Crippen LogP contribution in [0.3, 0.4) is 0 Å². The molecule has 1 aliphatic rings. The summed E-state index contributed by atoms with van der Waals surface area (Å²) in [7, 11) is 0. The summed E-state index contributed by atoms with van der Waals surface area (Å²) in [6.07, 6.45) is -9.93. The van der Waals surface area contributed by atoms with Crippen molar-refractivity contribution in [3.8, 4) is 0 Å². The van der Waals surface area contributed by atoms with Crippen LogP contribution in [0.25, 0.3) is 0 Å². The highest BCUT2D eigenvalue weighted by atomic mass is 19.4. The van der Waals surface area contributed by atoms with Crippen molar-refractivity contribution >= 4 is 0 Å². The molecule has 7 heteroatoms. The van der Waals surface area contributed by atoms with Crippen molar-refractivity contribution in [1.29, 1.82) is 0 Å². The predicted octanol–water partition coefficient (Wildman–Crippen LogP) is 2.68. The van der Waals surface area contributed by atoms with E-state index in [1.54, 1.807) is 0 Å². The summed E-state index contributed by atoms with van der Waals surface area (Å²) in [4.78, 5) is 0. The monoisotopic (exact) mass is 236 g/mol. The molecule has 0 heterocycles. The van der Waals surface area contributed by atoms with Gasteiger partial charge in [-0.05, 0) is 12.3 Å². The van der Waals surface area contributed by atoms with E-state index in [2.05, 4.69) is 0 Å². The molecule has 0 bridgehead atoms. The summed E-state index contributed by atoms with van der Waals surface area (Å²) >= 11 is 0. The molecule has 0 aromatic heterocycles. The largest absolute Gasteiger partial charge is 0.423 e. The van der Waals surface area contributed by atoms with Crippen molar-refractivity contribution in [2.45, 2.75) is 43.6 Å². The van der Waals surface area contributed by atoms with Gasteiger partial charge in [0, 0.05) is 0 Å². The van der Waals surface area contributed by atoms with Crippen molar-refractivity contribution in [3.05, 3.63) is 0 Å². The molecule has 0 aliphatic heterocycles. The zero-order valence-corrected chi connectivity index (χ0v) is 7.78. The quantitative estimate of drug-likeness (QED) is 0.694. The van der Waals surface area contributed by atoms with Gasteiger partial charge in [-0.1, -0.05) is 13.3 Å². The van der Waals surface area contributed by atoms with Gasteiger partial charge in [0.2, 0.25) is 5.60 Å². The molecule has 0 amide bonds. The molecular weight excluding hydrogens is 226 g/mol. The molecule has 1 nitrogen and oxygen atoms in total. The van der Waals surface area contributed by atoms with Gasteiger partial charge in [0.05, 0.1) is 0 Å². The molecule has 1 rings (SSSR count). The standard InChI is InChI=1S/C8H10F6O/c1-2-4-3-6(15,8(12,13)14)7(10,11)5(4)9/h4-5,15H,2-3H2,1H3. The highest BCUT2D eigenvalue weighted by Gasteiger charge is 2.77. The van der Waals surface area contributed by atoms with Gasteiger partial charge in [0.1, 0.15) is 0 Å². The van der Waals surface area contributed by atoms with Gasteiger partial charge in [-0.3, -0.25) is 0 Å². The highest BCUT2D eigenvalue weighted by molar-refractivity contribution is 5.11. The van der Waals surface area contributed by atoms with Crippen LogP contribution < -0.4 is 0 Å². The molecule has 0 aromatic carbocycles. The molecule has 1 N–H and O–H groups in total. The number of rotatable bonds is 1.